The van der Waals surface area contributed by atoms with Gasteiger partial charge in [-0.2, -0.15) is 11.8 Å². The molecule has 174 valence electrons. The number of carboxylic acids is 1. The predicted octanol–water partition coefficient (Wildman–Crippen LogP) is 2.49. The van der Waals surface area contributed by atoms with Crippen molar-refractivity contribution in [2.45, 2.75) is 70.5 Å². The molecular weight excluding hydrogens is 408 g/mol. The number of carboxylic acid groups (broad SMARTS) is 1. The van der Waals surface area contributed by atoms with Crippen LogP contribution < -0.4 is 5.32 Å². The summed E-state index contributed by atoms with van der Waals surface area (Å²) < 4.78 is 4.93. The van der Waals surface area contributed by atoms with Crippen molar-refractivity contribution in [2.24, 2.45) is 0 Å². The maximum absolute atomic E-state index is 11.8. The number of ether oxygens (including phenoxy) is 1. The molecular formula is C21H38N2O6S. The number of thioether (sulfide) groups is 1. The number of carbonyl (C=O) groups excluding carboxylic acids is 3. The molecule has 0 aromatic heterocycles. The Kier molecular flexibility index (Phi) is 15.3. The molecule has 0 unspecified atom stereocenters. The SMILES string of the molecule is CN(CCNC(=O)CCCCCCC(=O)CCSC(C)(C)C)C(=O)COCC(=O)O. The first kappa shape index (κ1) is 28.4. The molecule has 0 atom stereocenters. The minimum absolute atomic E-state index is 0.0618. The number of likely N-dealkylation sites (N-methyl/N-ethyl adjacent to an activating group) is 1. The number of hydrogen-bond acceptors (Lipinski definition) is 6. The van der Waals surface area contributed by atoms with Gasteiger partial charge in [0, 0.05) is 49.9 Å². The van der Waals surface area contributed by atoms with Gasteiger partial charge in [-0.15, -0.1) is 0 Å². The van der Waals surface area contributed by atoms with Gasteiger partial charge in [0.05, 0.1) is 0 Å². The van der Waals surface area contributed by atoms with Crippen LogP contribution in [0.15, 0.2) is 0 Å². The van der Waals surface area contributed by atoms with E-state index < -0.39 is 12.6 Å². The Labute approximate surface area is 184 Å². The molecule has 30 heavy (non-hydrogen) atoms. The molecule has 0 aliphatic carbocycles. The van der Waals surface area contributed by atoms with Crippen LogP contribution in [0.3, 0.4) is 0 Å². The number of nitrogens with zero attached hydrogens (tertiary/aromatic N) is 1. The highest BCUT2D eigenvalue weighted by atomic mass is 32.2. The molecule has 0 spiro atoms. The summed E-state index contributed by atoms with van der Waals surface area (Å²) in [4.78, 5) is 47.1. The zero-order valence-corrected chi connectivity index (χ0v) is 19.6. The van der Waals surface area contributed by atoms with E-state index in [1.54, 1.807) is 7.05 Å². The van der Waals surface area contributed by atoms with Crippen molar-refractivity contribution in [3.63, 3.8) is 0 Å². The first-order valence-corrected chi connectivity index (χ1v) is 11.5. The molecule has 8 nitrogen and oxygen atoms in total. The fourth-order valence-electron chi connectivity index (χ4n) is 2.47. The molecule has 2 N–H and O–H groups in total. The lowest BCUT2D eigenvalue weighted by atomic mass is 10.1. The van der Waals surface area contributed by atoms with Crippen molar-refractivity contribution >= 4 is 35.3 Å². The Balaban J connectivity index is 3.62. The lowest BCUT2D eigenvalue weighted by Crippen LogP contribution is -2.38. The van der Waals surface area contributed by atoms with E-state index in [1.165, 1.54) is 4.90 Å². The zero-order chi connectivity index (χ0) is 23.0. The summed E-state index contributed by atoms with van der Waals surface area (Å²) >= 11 is 1.81. The standard InChI is InChI=1S/C21H38N2O6S/c1-21(2,3)30-14-11-17(24)9-7-5-6-8-10-18(25)22-12-13-23(4)19(26)15-29-16-20(27)28/h5-16H2,1-4H3,(H,22,25)(H,27,28). The third kappa shape index (κ3) is 18.4. The summed E-state index contributed by atoms with van der Waals surface area (Å²) in [5.74, 6) is -0.333. The smallest absolute Gasteiger partial charge is 0.329 e. The number of amides is 2. The van der Waals surface area contributed by atoms with Crippen molar-refractivity contribution in [3.05, 3.63) is 0 Å². The van der Waals surface area contributed by atoms with Crippen LogP contribution in [0.1, 0.15) is 65.7 Å². The summed E-state index contributed by atoms with van der Waals surface area (Å²) in [5.41, 5.74) is 0. The normalized spacial score (nSPS) is 11.2. The Morgan fingerprint density at radius 3 is 2.20 bits per heavy atom. The van der Waals surface area contributed by atoms with E-state index in [4.69, 9.17) is 9.84 Å². The van der Waals surface area contributed by atoms with Crippen LogP contribution in [-0.4, -0.2) is 77.4 Å². The molecule has 0 bridgehead atoms. The molecule has 0 aliphatic rings. The highest BCUT2D eigenvalue weighted by molar-refractivity contribution is 8.00. The molecule has 9 heteroatoms. The second-order valence-electron chi connectivity index (χ2n) is 8.22. The van der Waals surface area contributed by atoms with Gasteiger partial charge in [-0.1, -0.05) is 33.6 Å². The Bertz CT molecular complexity index is 548. The number of rotatable bonds is 17. The van der Waals surface area contributed by atoms with Crippen molar-refractivity contribution < 1.29 is 29.0 Å². The quantitative estimate of drug-likeness (QED) is 0.330. The molecule has 0 saturated heterocycles. The number of ketones is 1. The van der Waals surface area contributed by atoms with E-state index in [2.05, 4.69) is 26.1 Å². The average molecular weight is 447 g/mol. The lowest BCUT2D eigenvalue weighted by molar-refractivity contribution is -0.145. The van der Waals surface area contributed by atoms with Gasteiger partial charge in [-0.25, -0.2) is 4.79 Å². The van der Waals surface area contributed by atoms with Gasteiger partial charge in [0.15, 0.2) is 0 Å². The zero-order valence-electron chi connectivity index (χ0n) is 18.8. The second-order valence-corrected chi connectivity index (χ2v) is 10.1. The van der Waals surface area contributed by atoms with E-state index in [-0.39, 0.29) is 23.2 Å². The second kappa shape index (κ2) is 16.1. The summed E-state index contributed by atoms with van der Waals surface area (Å²) in [6.07, 6.45) is 5.18. The third-order valence-electron chi connectivity index (χ3n) is 4.17. The molecule has 0 aromatic carbocycles. The van der Waals surface area contributed by atoms with Crippen LogP contribution in [0.5, 0.6) is 0 Å². The first-order chi connectivity index (χ1) is 14.0. The molecule has 0 aromatic rings. The van der Waals surface area contributed by atoms with E-state index >= 15 is 0 Å². The number of hydrogen-bond donors (Lipinski definition) is 2. The summed E-state index contributed by atoms with van der Waals surface area (Å²) in [5, 5.41) is 11.2. The van der Waals surface area contributed by atoms with Crippen LogP contribution >= 0.6 is 11.8 Å². The Morgan fingerprint density at radius 2 is 1.60 bits per heavy atom. The molecule has 0 heterocycles. The fraction of sp³-hybridized carbons (Fsp3) is 0.810. The van der Waals surface area contributed by atoms with Crippen molar-refractivity contribution in [1.82, 2.24) is 10.2 Å². The number of aliphatic carboxylic acids is 1. The van der Waals surface area contributed by atoms with Crippen LogP contribution in [0, 0.1) is 0 Å². The average Bonchev–Trinajstić information content (AvgIpc) is 2.62. The predicted molar refractivity (Wildman–Crippen MR) is 119 cm³/mol. The van der Waals surface area contributed by atoms with E-state index in [1.807, 2.05) is 11.8 Å². The van der Waals surface area contributed by atoms with E-state index in [0.717, 1.165) is 31.4 Å². The van der Waals surface area contributed by atoms with Gasteiger partial charge in [0.2, 0.25) is 11.8 Å². The highest BCUT2D eigenvalue weighted by Crippen LogP contribution is 2.23. The van der Waals surface area contributed by atoms with Gasteiger partial charge in [0.1, 0.15) is 19.0 Å². The van der Waals surface area contributed by atoms with Crippen molar-refractivity contribution in [1.29, 1.82) is 0 Å². The third-order valence-corrected chi connectivity index (χ3v) is 5.45. The molecule has 0 fully saturated rings. The number of nitrogens with one attached hydrogen (secondary N) is 1. The number of carbonyl (C=O) groups is 4. The van der Waals surface area contributed by atoms with Gasteiger partial charge in [0.25, 0.3) is 0 Å². The minimum atomic E-state index is -1.13. The highest BCUT2D eigenvalue weighted by Gasteiger charge is 2.12. The van der Waals surface area contributed by atoms with E-state index in [0.29, 0.717) is 38.1 Å². The van der Waals surface area contributed by atoms with E-state index in [9.17, 15) is 19.2 Å². The number of unbranched alkanes of at least 4 members (excludes halogenated alkanes) is 3. The summed E-state index contributed by atoms with van der Waals surface area (Å²) in [6.45, 7) is 6.30. The van der Waals surface area contributed by atoms with Crippen LogP contribution in [0.4, 0.5) is 0 Å². The molecule has 0 radical (unpaired) electrons. The lowest BCUT2D eigenvalue weighted by Gasteiger charge is -2.17. The summed E-state index contributed by atoms with van der Waals surface area (Å²) in [6, 6.07) is 0. The molecule has 2 amide bonds. The topological polar surface area (TPSA) is 113 Å². The van der Waals surface area contributed by atoms with Gasteiger partial charge in [-0.05, 0) is 12.8 Å². The maximum atomic E-state index is 11.8. The van der Waals surface area contributed by atoms with Gasteiger partial charge >= 0.3 is 5.97 Å². The Morgan fingerprint density at radius 1 is 0.967 bits per heavy atom. The van der Waals surface area contributed by atoms with Crippen molar-refractivity contribution in [2.75, 3.05) is 39.1 Å². The van der Waals surface area contributed by atoms with Crippen LogP contribution in [0.2, 0.25) is 0 Å². The van der Waals surface area contributed by atoms with Crippen molar-refractivity contribution in [3.8, 4) is 0 Å². The monoisotopic (exact) mass is 446 g/mol. The van der Waals surface area contributed by atoms with Gasteiger partial charge < -0.3 is 20.1 Å². The molecule has 0 aliphatic heterocycles. The van der Waals surface area contributed by atoms with Gasteiger partial charge in [-0.3, -0.25) is 14.4 Å². The number of Topliss-reactive ketones (excluding diaryl/α,β-unsaturated/α-hetero) is 1. The molecule has 0 rings (SSSR count). The summed E-state index contributed by atoms with van der Waals surface area (Å²) in [7, 11) is 1.57. The largest absolute Gasteiger partial charge is 0.480 e. The Hall–Kier alpha value is -1.61. The first-order valence-electron chi connectivity index (χ1n) is 10.5. The minimum Gasteiger partial charge on any atom is -0.480 e. The maximum Gasteiger partial charge on any atom is 0.329 e. The van der Waals surface area contributed by atoms with Crippen LogP contribution in [0.25, 0.3) is 0 Å². The fourth-order valence-corrected chi connectivity index (χ4v) is 3.41. The molecule has 0 saturated carbocycles. The van der Waals surface area contributed by atoms with Crippen LogP contribution in [-0.2, 0) is 23.9 Å².